The van der Waals surface area contributed by atoms with Crippen molar-refractivity contribution in [1.82, 2.24) is 4.98 Å². The molecule has 2 aromatic carbocycles. The highest BCUT2D eigenvalue weighted by atomic mass is 16.5. The quantitative estimate of drug-likeness (QED) is 0.343. The van der Waals surface area contributed by atoms with Crippen LogP contribution in [0.3, 0.4) is 0 Å². The lowest BCUT2D eigenvalue weighted by Crippen LogP contribution is -2.04. The predicted octanol–water partition coefficient (Wildman–Crippen LogP) is 3.92. The number of carboxylic acid groups (broad SMARTS) is 1. The summed E-state index contributed by atoms with van der Waals surface area (Å²) in [7, 11) is 1.35. The molecule has 0 unspecified atom stereocenters. The molecule has 142 valence electrons. The van der Waals surface area contributed by atoms with E-state index in [0.717, 1.165) is 5.56 Å². The first-order valence-electron chi connectivity index (χ1n) is 8.50. The Hall–Kier alpha value is -3.87. The molecule has 1 aromatic heterocycles. The van der Waals surface area contributed by atoms with Crippen LogP contribution in [0.2, 0.25) is 0 Å². The Bertz CT molecular complexity index is 1020. The lowest BCUT2D eigenvalue weighted by atomic mass is 10.0. The molecule has 7 heteroatoms. The van der Waals surface area contributed by atoms with Gasteiger partial charge in [-0.1, -0.05) is 30.3 Å². The summed E-state index contributed by atoms with van der Waals surface area (Å²) >= 11 is 0. The van der Waals surface area contributed by atoms with Gasteiger partial charge in [0.1, 0.15) is 0 Å². The summed E-state index contributed by atoms with van der Waals surface area (Å²) in [6.45, 7) is 1.80. The van der Waals surface area contributed by atoms with Gasteiger partial charge in [-0.2, -0.15) is 5.10 Å². The van der Waals surface area contributed by atoms with Gasteiger partial charge in [0.15, 0.2) is 0 Å². The number of aryl methyl sites for hydroxylation is 1. The number of anilines is 1. The van der Waals surface area contributed by atoms with E-state index >= 15 is 0 Å². The maximum Gasteiger partial charge on any atom is 0.340 e. The third-order valence-corrected chi connectivity index (χ3v) is 4.19. The topological polar surface area (TPSA) is 104 Å². The van der Waals surface area contributed by atoms with E-state index in [1.165, 1.54) is 19.2 Å². The smallest absolute Gasteiger partial charge is 0.340 e. The second kappa shape index (κ2) is 8.22. The molecule has 0 aliphatic rings. The number of ether oxygens (including phenoxy) is 1. The van der Waals surface area contributed by atoms with Crippen molar-refractivity contribution in [2.45, 2.75) is 6.92 Å². The van der Waals surface area contributed by atoms with Gasteiger partial charge in [0.25, 0.3) is 0 Å². The summed E-state index contributed by atoms with van der Waals surface area (Å²) in [6.07, 6.45) is 1.58. The van der Waals surface area contributed by atoms with Crippen LogP contribution in [0, 0.1) is 6.92 Å². The number of rotatable bonds is 6. The highest BCUT2D eigenvalue weighted by Gasteiger charge is 2.22. The van der Waals surface area contributed by atoms with Crippen molar-refractivity contribution in [3.8, 4) is 11.1 Å². The summed E-state index contributed by atoms with van der Waals surface area (Å²) in [5, 5.41) is 13.1. The highest BCUT2D eigenvalue weighted by molar-refractivity contribution is 6.04. The number of hydrazone groups is 1. The minimum absolute atomic E-state index is 0.198. The molecular weight excluding hydrogens is 358 g/mol. The number of aromatic amines is 1. The van der Waals surface area contributed by atoms with Gasteiger partial charge in [-0.05, 0) is 36.8 Å². The number of nitrogens with zero attached hydrogens (tertiary/aromatic N) is 1. The van der Waals surface area contributed by atoms with Gasteiger partial charge in [-0.3, -0.25) is 5.43 Å². The van der Waals surface area contributed by atoms with Crippen molar-refractivity contribution in [2.24, 2.45) is 5.10 Å². The van der Waals surface area contributed by atoms with E-state index < -0.39 is 11.9 Å². The fourth-order valence-corrected chi connectivity index (χ4v) is 2.87. The lowest BCUT2D eigenvalue weighted by Gasteiger charge is -2.05. The van der Waals surface area contributed by atoms with E-state index in [4.69, 9.17) is 9.84 Å². The van der Waals surface area contributed by atoms with Gasteiger partial charge >= 0.3 is 11.9 Å². The zero-order chi connectivity index (χ0) is 20.1. The molecule has 3 aromatic rings. The number of esters is 1. The summed E-state index contributed by atoms with van der Waals surface area (Å²) in [6, 6.07) is 15.7. The molecule has 0 atom stereocenters. The van der Waals surface area contributed by atoms with Crippen molar-refractivity contribution in [3.05, 3.63) is 77.1 Å². The molecular formula is C21H19N3O4. The number of carboxylic acids is 1. The van der Waals surface area contributed by atoms with E-state index in [9.17, 15) is 9.59 Å². The average Bonchev–Trinajstić information content (AvgIpc) is 3.04. The van der Waals surface area contributed by atoms with Crippen LogP contribution in [0.15, 0.2) is 59.7 Å². The van der Waals surface area contributed by atoms with Crippen LogP contribution in [0.5, 0.6) is 0 Å². The predicted molar refractivity (Wildman–Crippen MR) is 107 cm³/mol. The molecule has 7 nitrogen and oxygen atoms in total. The zero-order valence-corrected chi connectivity index (χ0v) is 15.4. The normalized spacial score (nSPS) is 10.8. The number of carbonyl (C=O) groups excluding carboxylic acids is 1. The lowest BCUT2D eigenvalue weighted by molar-refractivity contribution is 0.0600. The van der Waals surface area contributed by atoms with Gasteiger partial charge in [0, 0.05) is 11.3 Å². The van der Waals surface area contributed by atoms with Crippen LogP contribution < -0.4 is 5.43 Å². The van der Waals surface area contributed by atoms with Crippen molar-refractivity contribution < 1.29 is 19.4 Å². The molecule has 3 rings (SSSR count). The number of aromatic carboxylic acids is 1. The van der Waals surface area contributed by atoms with E-state index in [1.54, 1.807) is 25.3 Å². The third kappa shape index (κ3) is 3.93. The van der Waals surface area contributed by atoms with Crippen LogP contribution in [-0.2, 0) is 4.74 Å². The first kappa shape index (κ1) is 18.9. The van der Waals surface area contributed by atoms with Crippen LogP contribution in [0.4, 0.5) is 5.69 Å². The Labute approximate surface area is 161 Å². The maximum absolute atomic E-state index is 12.3. The molecule has 0 saturated heterocycles. The van der Waals surface area contributed by atoms with Gasteiger partial charge in [0.2, 0.25) is 0 Å². The molecule has 0 radical (unpaired) electrons. The number of methoxy groups -OCH3 is 1. The number of hydrogen-bond donors (Lipinski definition) is 3. The Morgan fingerprint density at radius 1 is 1.11 bits per heavy atom. The second-order valence-corrected chi connectivity index (χ2v) is 6.02. The van der Waals surface area contributed by atoms with Crippen molar-refractivity contribution in [3.63, 3.8) is 0 Å². The second-order valence-electron chi connectivity index (χ2n) is 6.02. The molecule has 28 heavy (non-hydrogen) atoms. The molecule has 0 spiro atoms. The molecule has 1 heterocycles. The van der Waals surface area contributed by atoms with Crippen molar-refractivity contribution in [2.75, 3.05) is 12.5 Å². The monoisotopic (exact) mass is 377 g/mol. The molecule has 0 fully saturated rings. The van der Waals surface area contributed by atoms with E-state index in [2.05, 4.69) is 15.5 Å². The largest absolute Gasteiger partial charge is 0.478 e. The van der Waals surface area contributed by atoms with Crippen molar-refractivity contribution in [1.29, 1.82) is 0 Å². The SMILES string of the molecule is COC(=O)c1c(C)[nH]c(/C=N/Nc2ccc(C(=O)O)cc2)c1-c1ccccc1. The maximum atomic E-state index is 12.3. The highest BCUT2D eigenvalue weighted by Crippen LogP contribution is 2.30. The molecule has 3 N–H and O–H groups in total. The molecule has 0 amide bonds. The molecule has 0 aliphatic heterocycles. The van der Waals surface area contributed by atoms with Gasteiger partial charge < -0.3 is 14.8 Å². The van der Waals surface area contributed by atoms with E-state index in [1.807, 2.05) is 30.3 Å². The van der Waals surface area contributed by atoms with Crippen LogP contribution in [0.25, 0.3) is 11.1 Å². The standard InChI is InChI=1S/C21H19N3O4/c1-13-18(21(27)28-2)19(14-6-4-3-5-7-14)17(23-13)12-22-24-16-10-8-15(9-11-16)20(25)26/h3-12,23-24H,1-2H3,(H,25,26)/b22-12+. The summed E-state index contributed by atoms with van der Waals surface area (Å²) in [5.41, 5.74) is 7.04. The number of benzene rings is 2. The fraction of sp³-hybridized carbons (Fsp3) is 0.0952. The van der Waals surface area contributed by atoms with Crippen molar-refractivity contribution >= 4 is 23.8 Å². The molecule has 0 aliphatic carbocycles. The molecule has 0 saturated carbocycles. The van der Waals surface area contributed by atoms with Gasteiger partial charge in [-0.25, -0.2) is 9.59 Å². The van der Waals surface area contributed by atoms with Gasteiger partial charge in [-0.15, -0.1) is 0 Å². The molecule has 0 bridgehead atoms. The number of aromatic nitrogens is 1. The first-order chi connectivity index (χ1) is 13.5. The fourth-order valence-electron chi connectivity index (χ4n) is 2.87. The Morgan fingerprint density at radius 2 is 1.79 bits per heavy atom. The van der Waals surface area contributed by atoms with Crippen LogP contribution >= 0.6 is 0 Å². The third-order valence-electron chi connectivity index (χ3n) is 4.19. The minimum Gasteiger partial charge on any atom is -0.478 e. The van der Waals surface area contributed by atoms with Crippen LogP contribution in [-0.4, -0.2) is 35.4 Å². The average molecular weight is 377 g/mol. The summed E-state index contributed by atoms with van der Waals surface area (Å²) in [4.78, 5) is 26.3. The van der Waals surface area contributed by atoms with Crippen LogP contribution in [0.1, 0.15) is 32.1 Å². The summed E-state index contributed by atoms with van der Waals surface area (Å²) < 4.78 is 4.93. The minimum atomic E-state index is -0.986. The first-order valence-corrected chi connectivity index (χ1v) is 8.50. The van der Waals surface area contributed by atoms with E-state index in [0.29, 0.717) is 28.2 Å². The Balaban J connectivity index is 1.92. The van der Waals surface area contributed by atoms with Gasteiger partial charge in [0.05, 0.1) is 35.8 Å². The zero-order valence-electron chi connectivity index (χ0n) is 15.4. The van der Waals surface area contributed by atoms with E-state index in [-0.39, 0.29) is 5.56 Å². The number of hydrogen-bond acceptors (Lipinski definition) is 5. The number of H-pyrrole nitrogens is 1. The Morgan fingerprint density at radius 3 is 2.39 bits per heavy atom. The number of nitrogens with one attached hydrogen (secondary N) is 2. The summed E-state index contributed by atoms with van der Waals surface area (Å²) in [5.74, 6) is -1.41. The Kier molecular flexibility index (Phi) is 5.55. The number of carbonyl (C=O) groups is 2.